The van der Waals surface area contributed by atoms with E-state index in [1.807, 2.05) is 13.8 Å². The Morgan fingerprint density at radius 2 is 1.30 bits per heavy atom. The van der Waals surface area contributed by atoms with Gasteiger partial charge in [-0.1, -0.05) is 0 Å². The maximum atomic E-state index is 10.6. The Balaban J connectivity index is 0.000000463. The highest BCUT2D eigenvalue weighted by molar-refractivity contribution is 5.36. The monoisotopic (exact) mass is 342 g/mol. The number of pyridine rings is 1. The number of aromatic nitrogens is 1. The lowest BCUT2D eigenvalue weighted by Crippen LogP contribution is -2.68. The lowest BCUT2D eigenvalue weighted by atomic mass is 10.2. The number of nitrogens with zero attached hydrogens (tertiary/aromatic N) is 2. The van der Waals surface area contributed by atoms with E-state index >= 15 is 0 Å². The molecule has 0 saturated carbocycles. The molecule has 2 rings (SSSR count). The first kappa shape index (κ1) is 18.9. The van der Waals surface area contributed by atoms with Gasteiger partial charge in [-0.15, -0.1) is 10.2 Å². The number of hydrogen-bond donors (Lipinski definition) is 0. The predicted molar refractivity (Wildman–Crippen MR) is 68.8 cm³/mol. The van der Waals surface area contributed by atoms with E-state index in [4.69, 9.17) is 18.6 Å². The molecule has 1 aromatic carbocycles. The van der Waals surface area contributed by atoms with Crippen LogP contribution in [0.15, 0.2) is 36.4 Å². The van der Waals surface area contributed by atoms with Gasteiger partial charge in [0.15, 0.2) is 11.4 Å². The molecule has 0 saturated heterocycles. The average Bonchev–Trinajstić information content (AvgIpc) is 2.36. The Morgan fingerprint density at radius 3 is 1.65 bits per heavy atom. The zero-order chi connectivity index (χ0) is 17.8. The molecular formula is C14H15ClN2O6. The molecule has 1 heterocycles. The molecule has 23 heavy (non-hydrogen) atoms. The second kappa shape index (κ2) is 7.44. The third-order valence-corrected chi connectivity index (χ3v) is 2.90. The van der Waals surface area contributed by atoms with E-state index in [1.165, 1.54) is 17.7 Å². The number of halogens is 1. The Labute approximate surface area is 134 Å². The number of rotatable bonds is 2. The van der Waals surface area contributed by atoms with E-state index in [2.05, 4.69) is 23.6 Å². The van der Waals surface area contributed by atoms with Gasteiger partial charge in [-0.2, -0.15) is 4.57 Å². The fourth-order valence-corrected chi connectivity index (χ4v) is 2.24. The summed E-state index contributed by atoms with van der Waals surface area (Å²) >= 11 is 0. The molecule has 8 nitrogen and oxygen atoms in total. The Hall–Kier alpha value is -2.10. The molecule has 124 valence electrons. The van der Waals surface area contributed by atoms with Crippen LogP contribution in [0, 0.1) is 41.1 Å². The van der Waals surface area contributed by atoms with E-state index in [1.54, 1.807) is 12.1 Å². The molecule has 1 aromatic heterocycles. The molecule has 2 aromatic rings. The number of aryl methyl sites for hydroxylation is 3. The summed E-state index contributed by atoms with van der Waals surface area (Å²) in [5.41, 5.74) is 4.49. The van der Waals surface area contributed by atoms with Crippen LogP contribution in [-0.2, 0) is 0 Å². The van der Waals surface area contributed by atoms with Gasteiger partial charge in [-0.3, -0.25) is 10.1 Å². The number of benzene rings is 1. The van der Waals surface area contributed by atoms with Crippen molar-refractivity contribution in [1.82, 2.24) is 0 Å². The molecule has 0 aliphatic heterocycles. The smallest absolute Gasteiger partial charge is 0.258 e. The molecule has 0 unspecified atom stereocenters. The van der Waals surface area contributed by atoms with Crippen molar-refractivity contribution in [2.75, 3.05) is 0 Å². The zero-order valence-electron chi connectivity index (χ0n) is 12.7. The van der Waals surface area contributed by atoms with Crippen molar-refractivity contribution < 1.29 is 38.4 Å². The molecule has 0 radical (unpaired) electrons. The Bertz CT molecular complexity index is 668. The number of nitro benzene ring substituents is 1. The highest BCUT2D eigenvalue weighted by Gasteiger charge is 2.16. The second-order valence-corrected chi connectivity index (χ2v) is 5.56. The van der Waals surface area contributed by atoms with Crippen molar-refractivity contribution in [3.63, 3.8) is 0 Å². The fourth-order valence-electron chi connectivity index (χ4n) is 2.24. The molecular weight excluding hydrogens is 328 g/mol. The number of non-ortho nitro benzene ring substituents is 1. The standard InChI is InChI=1S/C14H15N2O2.ClHO4/c1-10-8-11(2)15(12(3)9-10)13-4-6-14(7-5-13)16(17)18;2-1(3,4)5/h4-9H,1-3H3;(H,2,3,4,5)/q+1;/p-1. The molecule has 0 bridgehead atoms. The summed E-state index contributed by atoms with van der Waals surface area (Å²) in [5, 5.41) is 10.6. The van der Waals surface area contributed by atoms with Crippen LogP contribution >= 0.6 is 0 Å². The third kappa shape index (κ3) is 6.27. The zero-order valence-corrected chi connectivity index (χ0v) is 13.4. The van der Waals surface area contributed by atoms with Crippen molar-refractivity contribution >= 4 is 5.69 Å². The van der Waals surface area contributed by atoms with Crippen LogP contribution in [0.3, 0.4) is 0 Å². The topological polar surface area (TPSA) is 139 Å². The second-order valence-electron chi connectivity index (χ2n) is 4.80. The number of hydrogen-bond acceptors (Lipinski definition) is 6. The van der Waals surface area contributed by atoms with E-state index in [0.717, 1.165) is 17.1 Å². The van der Waals surface area contributed by atoms with Crippen LogP contribution < -0.4 is 23.2 Å². The summed E-state index contributed by atoms with van der Waals surface area (Å²) in [6, 6.07) is 10.8. The van der Waals surface area contributed by atoms with Gasteiger partial charge in [0.25, 0.3) is 5.69 Å². The highest BCUT2D eigenvalue weighted by atomic mass is 35.7. The molecule has 0 fully saturated rings. The Kier molecular flexibility index (Phi) is 6.13. The van der Waals surface area contributed by atoms with Gasteiger partial charge in [0.05, 0.1) is 4.92 Å². The molecule has 0 atom stereocenters. The van der Waals surface area contributed by atoms with Gasteiger partial charge in [-0.05, 0) is 12.5 Å². The van der Waals surface area contributed by atoms with Crippen LogP contribution in [0.25, 0.3) is 5.69 Å². The van der Waals surface area contributed by atoms with Gasteiger partial charge in [-0.25, -0.2) is 18.6 Å². The number of nitro groups is 1. The summed E-state index contributed by atoms with van der Waals surface area (Å²) < 4.78 is 36.1. The van der Waals surface area contributed by atoms with Crippen LogP contribution in [0.2, 0.25) is 0 Å². The van der Waals surface area contributed by atoms with Crippen LogP contribution in [0.5, 0.6) is 0 Å². The van der Waals surface area contributed by atoms with Gasteiger partial charge < -0.3 is 0 Å². The van der Waals surface area contributed by atoms with Crippen LogP contribution in [0.1, 0.15) is 17.0 Å². The quantitative estimate of drug-likeness (QED) is 0.352. The summed E-state index contributed by atoms with van der Waals surface area (Å²) in [6.07, 6.45) is 0. The first-order valence-corrected chi connectivity index (χ1v) is 7.59. The van der Waals surface area contributed by atoms with Crippen LogP contribution in [-0.4, -0.2) is 4.92 Å². The molecule has 0 N–H and O–H groups in total. The minimum Gasteiger partial charge on any atom is -0.258 e. The normalized spacial score (nSPS) is 10.7. The molecule has 0 amide bonds. The molecule has 0 spiro atoms. The summed E-state index contributed by atoms with van der Waals surface area (Å²) in [4.78, 5) is 10.2. The lowest BCUT2D eigenvalue weighted by Gasteiger charge is -2.17. The largest absolute Gasteiger partial charge is 0.269 e. The summed E-state index contributed by atoms with van der Waals surface area (Å²) in [6.45, 7) is 6.11. The van der Waals surface area contributed by atoms with Gasteiger partial charge >= 0.3 is 0 Å². The van der Waals surface area contributed by atoms with Crippen molar-refractivity contribution in [3.8, 4) is 5.69 Å². The van der Waals surface area contributed by atoms with Crippen molar-refractivity contribution in [1.29, 1.82) is 0 Å². The summed E-state index contributed by atoms with van der Waals surface area (Å²) in [5.74, 6) is 0. The van der Waals surface area contributed by atoms with E-state index in [0.29, 0.717) is 0 Å². The first-order chi connectivity index (χ1) is 10.5. The fraction of sp³-hybridized carbons (Fsp3) is 0.214. The highest BCUT2D eigenvalue weighted by Crippen LogP contribution is 2.13. The van der Waals surface area contributed by atoms with Crippen molar-refractivity contribution in [3.05, 3.63) is 63.5 Å². The minimum absolute atomic E-state index is 0.113. The summed E-state index contributed by atoms with van der Waals surface area (Å²) in [7, 11) is -4.94. The average molecular weight is 343 g/mol. The molecule has 9 heteroatoms. The third-order valence-electron chi connectivity index (χ3n) is 2.90. The van der Waals surface area contributed by atoms with Gasteiger partial charge in [0.2, 0.25) is 5.69 Å². The van der Waals surface area contributed by atoms with Crippen LogP contribution in [0.4, 0.5) is 5.69 Å². The van der Waals surface area contributed by atoms with Crippen molar-refractivity contribution in [2.45, 2.75) is 20.8 Å². The molecule has 0 aliphatic rings. The van der Waals surface area contributed by atoms with Crippen molar-refractivity contribution in [2.24, 2.45) is 0 Å². The van der Waals surface area contributed by atoms with Gasteiger partial charge in [0.1, 0.15) is 0 Å². The molecule has 0 aliphatic carbocycles. The predicted octanol–water partition coefficient (Wildman–Crippen LogP) is -1.96. The SMILES string of the molecule is Cc1cc(C)[n+](-c2ccc([N+](=O)[O-])cc2)c(C)c1.[O-][Cl+3]([O-])([O-])[O-]. The maximum Gasteiger partial charge on any atom is 0.269 e. The van der Waals surface area contributed by atoms with Gasteiger partial charge in [0, 0.05) is 50.2 Å². The first-order valence-electron chi connectivity index (χ1n) is 6.35. The van der Waals surface area contributed by atoms with E-state index in [9.17, 15) is 10.1 Å². The van der Waals surface area contributed by atoms with E-state index in [-0.39, 0.29) is 10.6 Å². The lowest BCUT2D eigenvalue weighted by molar-refractivity contribution is -2.00. The maximum absolute atomic E-state index is 10.6. The van der Waals surface area contributed by atoms with E-state index < -0.39 is 10.2 Å². The minimum atomic E-state index is -4.94. The Morgan fingerprint density at radius 1 is 0.913 bits per heavy atom.